The molecule has 1 unspecified atom stereocenters. The molecule has 1 N–H and O–H groups in total. The molecule has 0 aliphatic carbocycles. The largest absolute Gasteiger partial charge is 0.385 e. The van der Waals surface area contributed by atoms with Crippen LogP contribution >= 0.6 is 0 Å². The Morgan fingerprint density at radius 2 is 2.00 bits per heavy atom. The van der Waals surface area contributed by atoms with Gasteiger partial charge in [0.25, 0.3) is 0 Å². The van der Waals surface area contributed by atoms with Crippen molar-refractivity contribution in [2.45, 2.75) is 33.7 Å². The fourth-order valence-electron chi connectivity index (χ4n) is 1.04. The first kappa shape index (κ1) is 8.38. The van der Waals surface area contributed by atoms with Crippen molar-refractivity contribution in [2.75, 3.05) is 0 Å². The molecule has 0 spiro atoms. The highest BCUT2D eigenvalue weighted by molar-refractivity contribution is 5.28. The lowest BCUT2D eigenvalue weighted by molar-refractivity contribution is 0.506. The van der Waals surface area contributed by atoms with Gasteiger partial charge in [-0.05, 0) is 17.9 Å². The van der Waals surface area contributed by atoms with E-state index in [-0.39, 0.29) is 5.41 Å². The van der Waals surface area contributed by atoms with E-state index in [2.05, 4.69) is 51.4 Å². The van der Waals surface area contributed by atoms with Gasteiger partial charge in [-0.15, -0.1) is 0 Å². The Morgan fingerprint density at radius 1 is 1.36 bits per heavy atom. The van der Waals surface area contributed by atoms with Gasteiger partial charge in [-0.25, -0.2) is 0 Å². The molecule has 1 nitrogen and oxygen atoms in total. The lowest BCUT2D eigenvalue weighted by Crippen LogP contribution is -2.24. The van der Waals surface area contributed by atoms with Gasteiger partial charge in [-0.3, -0.25) is 0 Å². The fraction of sp³-hybridized carbons (Fsp3) is 0.600. The van der Waals surface area contributed by atoms with E-state index in [1.807, 2.05) is 0 Å². The lowest BCUT2D eigenvalue weighted by Gasteiger charge is -2.24. The van der Waals surface area contributed by atoms with Crippen LogP contribution in [0, 0.1) is 5.41 Å². The molecule has 0 amide bonds. The Labute approximate surface area is 69.2 Å². The van der Waals surface area contributed by atoms with Crippen molar-refractivity contribution < 1.29 is 0 Å². The molecule has 0 radical (unpaired) electrons. The maximum absolute atomic E-state index is 3.29. The van der Waals surface area contributed by atoms with Crippen molar-refractivity contribution in [1.82, 2.24) is 5.32 Å². The van der Waals surface area contributed by atoms with Crippen LogP contribution in [0.3, 0.4) is 0 Å². The Bertz CT molecular complexity index is 193. The molecule has 1 heteroatoms. The molecular weight excluding hydrogens is 134 g/mol. The number of allylic oxidation sites excluding steroid dienone is 2. The highest BCUT2D eigenvalue weighted by Crippen LogP contribution is 2.26. The van der Waals surface area contributed by atoms with Crippen molar-refractivity contribution in [1.29, 1.82) is 0 Å². The van der Waals surface area contributed by atoms with Gasteiger partial charge in [0.15, 0.2) is 0 Å². The predicted molar refractivity (Wildman–Crippen MR) is 49.3 cm³/mol. The number of hydrogen-bond acceptors (Lipinski definition) is 1. The summed E-state index contributed by atoms with van der Waals surface area (Å²) in [5, 5.41) is 3.29. The van der Waals surface area contributed by atoms with Crippen molar-refractivity contribution in [3.05, 3.63) is 23.9 Å². The molecule has 0 saturated carbocycles. The minimum Gasteiger partial charge on any atom is -0.385 e. The summed E-state index contributed by atoms with van der Waals surface area (Å²) in [7, 11) is 0. The molecule has 0 saturated heterocycles. The van der Waals surface area contributed by atoms with E-state index >= 15 is 0 Å². The van der Waals surface area contributed by atoms with Crippen LogP contribution in [-0.2, 0) is 0 Å². The number of rotatable bonds is 0. The predicted octanol–water partition coefficient (Wildman–Crippen LogP) is 2.46. The highest BCUT2D eigenvalue weighted by Gasteiger charge is 2.16. The summed E-state index contributed by atoms with van der Waals surface area (Å²) in [6, 6.07) is 0.487. The van der Waals surface area contributed by atoms with Crippen LogP contribution in [0.2, 0.25) is 0 Å². The third kappa shape index (κ3) is 2.11. The van der Waals surface area contributed by atoms with E-state index in [4.69, 9.17) is 0 Å². The van der Waals surface area contributed by atoms with E-state index in [1.54, 1.807) is 0 Å². The van der Waals surface area contributed by atoms with Crippen molar-refractivity contribution in [3.63, 3.8) is 0 Å². The highest BCUT2D eigenvalue weighted by atomic mass is 14.9. The van der Waals surface area contributed by atoms with Gasteiger partial charge < -0.3 is 5.32 Å². The van der Waals surface area contributed by atoms with Crippen molar-refractivity contribution >= 4 is 0 Å². The fourth-order valence-corrected chi connectivity index (χ4v) is 1.04. The molecule has 0 aromatic heterocycles. The summed E-state index contributed by atoms with van der Waals surface area (Å²) < 4.78 is 0. The number of dihydropyridines is 1. The monoisotopic (exact) mass is 151 g/mol. The van der Waals surface area contributed by atoms with Crippen LogP contribution in [-0.4, -0.2) is 6.04 Å². The second kappa shape index (κ2) is 2.72. The van der Waals surface area contributed by atoms with E-state index in [1.165, 1.54) is 5.57 Å². The summed E-state index contributed by atoms with van der Waals surface area (Å²) >= 11 is 0. The maximum Gasteiger partial charge on any atom is 0.0413 e. The molecule has 0 fully saturated rings. The summed E-state index contributed by atoms with van der Waals surface area (Å²) in [4.78, 5) is 0. The Morgan fingerprint density at radius 3 is 2.36 bits per heavy atom. The smallest absolute Gasteiger partial charge is 0.0413 e. The van der Waals surface area contributed by atoms with Gasteiger partial charge >= 0.3 is 0 Å². The molecule has 1 rings (SSSR count). The first-order chi connectivity index (χ1) is 5.00. The molecule has 62 valence electrons. The standard InChI is InChI=1S/C10H17N/c1-8-5-6-9(7-11-8)10(2,3)4/h5-8,11H,1-4H3. The Kier molecular flexibility index (Phi) is 2.08. The molecule has 1 heterocycles. The van der Waals surface area contributed by atoms with Gasteiger partial charge in [0, 0.05) is 12.2 Å². The second-order valence-corrected chi connectivity index (χ2v) is 4.16. The third-order valence-electron chi connectivity index (χ3n) is 1.93. The molecular formula is C10H17N. The SMILES string of the molecule is CC1C=CC(C(C)(C)C)=CN1. The van der Waals surface area contributed by atoms with Crippen LogP contribution in [0.25, 0.3) is 0 Å². The zero-order valence-electron chi connectivity index (χ0n) is 7.81. The molecule has 1 aliphatic rings. The van der Waals surface area contributed by atoms with Crippen molar-refractivity contribution in [3.8, 4) is 0 Å². The average Bonchev–Trinajstić information content (AvgIpc) is 1.86. The zero-order valence-corrected chi connectivity index (χ0v) is 7.81. The summed E-state index contributed by atoms with van der Waals surface area (Å²) in [5.41, 5.74) is 1.64. The van der Waals surface area contributed by atoms with Gasteiger partial charge in [0.05, 0.1) is 0 Å². The molecule has 1 aliphatic heterocycles. The van der Waals surface area contributed by atoms with Crippen LogP contribution < -0.4 is 5.32 Å². The summed E-state index contributed by atoms with van der Waals surface area (Å²) in [6.45, 7) is 8.81. The first-order valence-electron chi connectivity index (χ1n) is 4.15. The normalized spacial score (nSPS) is 24.4. The lowest BCUT2D eigenvalue weighted by atomic mass is 9.85. The van der Waals surface area contributed by atoms with Gasteiger partial charge in [-0.2, -0.15) is 0 Å². The molecule has 1 atom stereocenters. The van der Waals surface area contributed by atoms with Gasteiger partial charge in [0.1, 0.15) is 0 Å². The Balaban J connectivity index is 2.71. The zero-order chi connectivity index (χ0) is 8.48. The minimum absolute atomic E-state index is 0.267. The third-order valence-corrected chi connectivity index (χ3v) is 1.93. The minimum atomic E-state index is 0.267. The average molecular weight is 151 g/mol. The number of nitrogens with one attached hydrogen (secondary N) is 1. The molecule has 0 aromatic rings. The van der Waals surface area contributed by atoms with Gasteiger partial charge in [0.2, 0.25) is 0 Å². The van der Waals surface area contributed by atoms with Crippen LogP contribution in [0.4, 0.5) is 0 Å². The van der Waals surface area contributed by atoms with Crippen molar-refractivity contribution in [2.24, 2.45) is 5.41 Å². The summed E-state index contributed by atoms with van der Waals surface area (Å²) in [5.74, 6) is 0. The van der Waals surface area contributed by atoms with Crippen LogP contribution in [0.5, 0.6) is 0 Å². The van der Waals surface area contributed by atoms with Crippen LogP contribution in [0.1, 0.15) is 27.7 Å². The number of hydrogen-bond donors (Lipinski definition) is 1. The quantitative estimate of drug-likeness (QED) is 0.561. The maximum atomic E-state index is 3.29. The molecule has 11 heavy (non-hydrogen) atoms. The van der Waals surface area contributed by atoms with Crippen LogP contribution in [0.15, 0.2) is 23.9 Å². The van der Waals surface area contributed by atoms with E-state index < -0.39 is 0 Å². The molecule has 0 aromatic carbocycles. The second-order valence-electron chi connectivity index (χ2n) is 4.16. The van der Waals surface area contributed by atoms with E-state index in [0.717, 1.165) is 0 Å². The first-order valence-corrected chi connectivity index (χ1v) is 4.15. The van der Waals surface area contributed by atoms with E-state index in [9.17, 15) is 0 Å². The summed E-state index contributed by atoms with van der Waals surface area (Å²) in [6.07, 6.45) is 6.52. The Hall–Kier alpha value is -0.720. The topological polar surface area (TPSA) is 12.0 Å². The molecule has 0 bridgehead atoms. The van der Waals surface area contributed by atoms with Gasteiger partial charge in [-0.1, -0.05) is 32.9 Å². The van der Waals surface area contributed by atoms with E-state index in [0.29, 0.717) is 6.04 Å².